The van der Waals surface area contributed by atoms with Crippen LogP contribution in [-0.4, -0.2) is 41.8 Å². The van der Waals surface area contributed by atoms with Crippen LogP contribution in [0.4, 0.5) is 0 Å². The lowest BCUT2D eigenvalue weighted by Gasteiger charge is -2.26. The number of amides is 3. The highest BCUT2D eigenvalue weighted by molar-refractivity contribution is 7.15. The highest BCUT2D eigenvalue weighted by Gasteiger charge is 2.30. The molecule has 2 heterocycles. The summed E-state index contributed by atoms with van der Waals surface area (Å²) in [6.45, 7) is 1.53. The van der Waals surface area contributed by atoms with Crippen LogP contribution in [0.15, 0.2) is 115 Å². The quantitative estimate of drug-likeness (QED) is 0.127. The van der Waals surface area contributed by atoms with Crippen molar-refractivity contribution in [3.63, 3.8) is 0 Å². The molecule has 2 unspecified atom stereocenters. The Morgan fingerprint density at radius 1 is 0.740 bits per heavy atom. The van der Waals surface area contributed by atoms with Crippen molar-refractivity contribution < 1.29 is 14.4 Å². The number of carbonyl (C=O) groups excluding carboxylic acids is 3. The summed E-state index contributed by atoms with van der Waals surface area (Å²) in [5.41, 5.74) is 8.78. The van der Waals surface area contributed by atoms with Crippen molar-refractivity contribution in [2.24, 2.45) is 11.7 Å². The zero-order valence-electron chi connectivity index (χ0n) is 27.6. The Morgan fingerprint density at radius 3 is 1.94 bits per heavy atom. The second-order valence-corrected chi connectivity index (χ2v) is 13.9. The van der Waals surface area contributed by atoms with E-state index in [1.807, 2.05) is 78.9 Å². The van der Waals surface area contributed by atoms with Gasteiger partial charge in [0.1, 0.15) is 16.7 Å². The lowest BCUT2D eigenvalue weighted by molar-refractivity contribution is -0.132. The third-order valence-corrected chi connectivity index (χ3v) is 10.6. The maximum absolute atomic E-state index is 14.5. The number of hydrogen-bond donors (Lipinski definition) is 4. The number of fused-ring (bicyclic) bond motifs is 2. The van der Waals surface area contributed by atoms with Gasteiger partial charge in [-0.3, -0.25) is 14.4 Å². The number of benzene rings is 5. The summed E-state index contributed by atoms with van der Waals surface area (Å²) < 4.78 is 0. The Bertz CT molecular complexity index is 2160. The zero-order valence-corrected chi connectivity index (χ0v) is 28.4. The molecule has 0 saturated carbocycles. The maximum Gasteiger partial charge on any atom is 0.268 e. The molecule has 2 atom stereocenters. The predicted molar refractivity (Wildman–Crippen MR) is 200 cm³/mol. The molecule has 1 aliphatic rings. The van der Waals surface area contributed by atoms with Gasteiger partial charge in [0.25, 0.3) is 5.91 Å². The number of rotatable bonds is 11. The third kappa shape index (κ3) is 7.59. The summed E-state index contributed by atoms with van der Waals surface area (Å²) in [6.07, 6.45) is 2.17. The Kier molecular flexibility index (Phi) is 9.96. The van der Waals surface area contributed by atoms with Crippen molar-refractivity contribution in [2.75, 3.05) is 13.1 Å². The van der Waals surface area contributed by atoms with Crippen molar-refractivity contribution >= 4 is 50.6 Å². The van der Waals surface area contributed by atoms with Crippen LogP contribution in [0, 0.1) is 5.92 Å². The second-order valence-electron chi connectivity index (χ2n) is 12.9. The summed E-state index contributed by atoms with van der Waals surface area (Å²) in [5, 5.41) is 14.6. The van der Waals surface area contributed by atoms with Gasteiger partial charge in [0, 0.05) is 12.3 Å². The minimum atomic E-state index is -0.832. The molecule has 3 amide bonds. The van der Waals surface area contributed by atoms with Crippen LogP contribution in [0.1, 0.15) is 45.5 Å². The molecule has 1 saturated heterocycles. The number of hydrogen-bond acceptors (Lipinski definition) is 6. The van der Waals surface area contributed by atoms with Crippen LogP contribution < -0.4 is 21.7 Å². The minimum Gasteiger partial charge on any atom is -0.364 e. The first-order chi connectivity index (χ1) is 24.4. The van der Waals surface area contributed by atoms with Crippen molar-refractivity contribution in [3.05, 3.63) is 137 Å². The Morgan fingerprint density at radius 2 is 1.32 bits per heavy atom. The summed E-state index contributed by atoms with van der Waals surface area (Å²) in [5.74, 6) is -1.23. The van der Waals surface area contributed by atoms with Crippen LogP contribution in [0.25, 0.3) is 32.0 Å². The molecule has 5 aromatic carbocycles. The van der Waals surface area contributed by atoms with E-state index >= 15 is 0 Å². The van der Waals surface area contributed by atoms with Gasteiger partial charge in [-0.05, 0) is 70.6 Å². The molecule has 9 heteroatoms. The summed E-state index contributed by atoms with van der Waals surface area (Å²) in [4.78, 5) is 46.1. The number of nitrogens with one attached hydrogen (secondary N) is 3. The van der Waals surface area contributed by atoms with E-state index in [9.17, 15) is 14.4 Å². The van der Waals surface area contributed by atoms with Gasteiger partial charge in [0.05, 0.1) is 10.9 Å². The first-order valence-corrected chi connectivity index (χ1v) is 17.9. The smallest absolute Gasteiger partial charge is 0.268 e. The molecule has 252 valence electrons. The standard InChI is InChI=1S/C41H39N5O3S/c42-38(47)36-37(30-10-2-1-3-11-30)50-41(46-36)35(25-27-15-17-29-9-5-7-13-33(29)23-27)45-40(49)34(44-39(48)31-18-20-43-21-19-31)24-26-14-16-28-8-4-6-12-32(28)22-26/h1-17,22-23,31,34-35,43H,18-21,24-25H2,(H2,42,47)(H,44,48)(H,45,49). The fourth-order valence-corrected chi connectivity index (χ4v) is 7.82. The van der Waals surface area contributed by atoms with Crippen molar-refractivity contribution in [3.8, 4) is 10.4 Å². The molecule has 0 bridgehead atoms. The van der Waals surface area contributed by atoms with Crippen LogP contribution in [-0.2, 0) is 22.4 Å². The van der Waals surface area contributed by atoms with Crippen LogP contribution >= 0.6 is 11.3 Å². The number of primary amides is 1. The van der Waals surface area contributed by atoms with E-state index in [4.69, 9.17) is 10.7 Å². The summed E-state index contributed by atoms with van der Waals surface area (Å²) in [7, 11) is 0. The third-order valence-electron chi connectivity index (χ3n) is 9.38. The average molecular weight is 682 g/mol. The van der Waals surface area contributed by atoms with Crippen LogP contribution in [0.3, 0.4) is 0 Å². The van der Waals surface area contributed by atoms with Crippen molar-refractivity contribution in [1.29, 1.82) is 0 Å². The molecular weight excluding hydrogens is 643 g/mol. The van der Waals surface area contributed by atoms with E-state index < -0.39 is 18.0 Å². The van der Waals surface area contributed by atoms with Gasteiger partial charge >= 0.3 is 0 Å². The van der Waals surface area contributed by atoms with Gasteiger partial charge in [-0.2, -0.15) is 0 Å². The Labute approximate surface area is 295 Å². The monoisotopic (exact) mass is 681 g/mol. The molecule has 0 spiro atoms. The van der Waals surface area contributed by atoms with Crippen LogP contribution in [0.2, 0.25) is 0 Å². The molecule has 0 aliphatic carbocycles. The largest absolute Gasteiger partial charge is 0.364 e. The first-order valence-electron chi connectivity index (χ1n) is 17.0. The molecule has 7 rings (SSSR count). The van der Waals surface area contributed by atoms with E-state index in [0.717, 1.165) is 64.2 Å². The molecule has 1 aromatic heterocycles. The number of aromatic nitrogens is 1. The number of nitrogens with zero attached hydrogens (tertiary/aromatic N) is 1. The molecule has 1 aliphatic heterocycles. The van der Waals surface area contributed by atoms with Gasteiger partial charge in [0.15, 0.2) is 0 Å². The summed E-state index contributed by atoms with van der Waals surface area (Å²) in [6, 6.07) is 36.7. The SMILES string of the molecule is NC(=O)c1nc(C(Cc2ccc3ccccc3c2)NC(=O)C(Cc2ccc3ccccc3c2)NC(=O)C2CCNCC2)sc1-c1ccccc1. The predicted octanol–water partition coefficient (Wildman–Crippen LogP) is 6.34. The topological polar surface area (TPSA) is 126 Å². The minimum absolute atomic E-state index is 0.116. The van der Waals surface area contributed by atoms with Crippen molar-refractivity contribution in [2.45, 2.75) is 37.8 Å². The van der Waals surface area contributed by atoms with Gasteiger partial charge in [0.2, 0.25) is 11.8 Å². The van der Waals surface area contributed by atoms with E-state index in [-0.39, 0.29) is 23.4 Å². The number of carbonyl (C=O) groups is 3. The highest BCUT2D eigenvalue weighted by Crippen LogP contribution is 2.34. The lowest BCUT2D eigenvalue weighted by Crippen LogP contribution is -2.51. The average Bonchev–Trinajstić information content (AvgIpc) is 3.61. The number of nitrogens with two attached hydrogens (primary N) is 1. The van der Waals surface area contributed by atoms with Crippen molar-refractivity contribution in [1.82, 2.24) is 20.9 Å². The van der Waals surface area contributed by atoms with Gasteiger partial charge in [-0.15, -0.1) is 11.3 Å². The molecule has 0 radical (unpaired) electrons. The van der Waals surface area contributed by atoms with Gasteiger partial charge < -0.3 is 21.7 Å². The molecule has 5 N–H and O–H groups in total. The second kappa shape index (κ2) is 15.0. The highest BCUT2D eigenvalue weighted by atomic mass is 32.1. The number of piperidine rings is 1. The molecule has 1 fully saturated rings. The van der Waals surface area contributed by atoms with E-state index in [1.54, 1.807) is 0 Å². The first kappa shape index (κ1) is 33.1. The molecule has 8 nitrogen and oxygen atoms in total. The molecule has 6 aromatic rings. The fourth-order valence-electron chi connectivity index (χ4n) is 6.70. The number of thiazole rings is 1. The Balaban J connectivity index is 1.24. The maximum atomic E-state index is 14.5. The normalized spacial score (nSPS) is 14.6. The van der Waals surface area contributed by atoms with E-state index in [1.165, 1.54) is 11.3 Å². The molecular formula is C41H39N5O3S. The lowest BCUT2D eigenvalue weighted by atomic mass is 9.95. The Hall–Kier alpha value is -5.38. The van der Waals surface area contributed by atoms with Gasteiger partial charge in [-0.1, -0.05) is 115 Å². The van der Waals surface area contributed by atoms with E-state index in [2.05, 4.69) is 52.3 Å². The fraction of sp³-hybridized carbons (Fsp3) is 0.220. The zero-order chi connectivity index (χ0) is 34.5. The summed E-state index contributed by atoms with van der Waals surface area (Å²) >= 11 is 1.35. The van der Waals surface area contributed by atoms with E-state index in [0.29, 0.717) is 22.7 Å². The van der Waals surface area contributed by atoms with Gasteiger partial charge in [-0.25, -0.2) is 4.98 Å². The molecule has 50 heavy (non-hydrogen) atoms. The van der Waals surface area contributed by atoms with Crippen LogP contribution in [0.5, 0.6) is 0 Å².